The van der Waals surface area contributed by atoms with Crippen LogP contribution in [-0.2, 0) is 19.1 Å². The average molecular weight is 449 g/mol. The molecular weight excluding hydrogens is 416 g/mol. The van der Waals surface area contributed by atoms with E-state index < -0.39 is 27.4 Å². The summed E-state index contributed by atoms with van der Waals surface area (Å²) in [6.07, 6.45) is 10.9. The molecule has 2 saturated heterocycles. The smallest absolute Gasteiger partial charge is 0.311 e. The number of esters is 1. The van der Waals surface area contributed by atoms with Crippen LogP contribution in [0.3, 0.4) is 0 Å². The molecule has 0 saturated carbocycles. The van der Waals surface area contributed by atoms with Gasteiger partial charge in [-0.3, -0.25) is 14.4 Å². The molecule has 0 aromatic heterocycles. The van der Waals surface area contributed by atoms with Crippen molar-refractivity contribution in [2.75, 3.05) is 32.8 Å². The number of hydrogen-bond acceptors (Lipinski definition) is 6. The molecule has 1 unspecified atom stereocenters. The van der Waals surface area contributed by atoms with E-state index in [0.717, 1.165) is 12.8 Å². The summed E-state index contributed by atoms with van der Waals surface area (Å²) in [4.78, 5) is 44.1. The summed E-state index contributed by atoms with van der Waals surface area (Å²) < 4.78 is 4.02. The minimum atomic E-state index is -0.797. The number of thioether (sulfide) groups is 1. The van der Waals surface area contributed by atoms with Crippen molar-refractivity contribution in [1.82, 2.24) is 9.80 Å². The van der Waals surface area contributed by atoms with Crippen LogP contribution in [0, 0.1) is 11.8 Å². The lowest BCUT2D eigenvalue weighted by Crippen LogP contribution is -2.53. The highest BCUT2D eigenvalue weighted by atomic mass is 32.2. The summed E-state index contributed by atoms with van der Waals surface area (Å²) in [5, 5.41) is 9.23. The number of cyclic esters (lactones) is 1. The lowest BCUT2D eigenvalue weighted by Gasteiger charge is -2.36. The van der Waals surface area contributed by atoms with Gasteiger partial charge in [0.2, 0.25) is 11.8 Å². The van der Waals surface area contributed by atoms with Crippen molar-refractivity contribution in [3.8, 4) is 0 Å². The molecule has 1 N–H and O–H groups in total. The molecule has 4 aliphatic heterocycles. The van der Waals surface area contributed by atoms with E-state index in [4.69, 9.17) is 4.74 Å². The number of fused-ring (bicyclic) bond motifs is 2. The summed E-state index contributed by atoms with van der Waals surface area (Å²) in [7, 11) is 0. The normalized spacial score (nSPS) is 36.7. The number of rotatable bonds is 7. The van der Waals surface area contributed by atoms with E-state index in [2.05, 4.69) is 6.92 Å². The lowest BCUT2D eigenvalue weighted by molar-refractivity contribution is -0.152. The third kappa shape index (κ3) is 3.52. The predicted molar refractivity (Wildman–Crippen MR) is 118 cm³/mol. The second-order valence-corrected chi connectivity index (χ2v) is 10.8. The van der Waals surface area contributed by atoms with E-state index >= 15 is 0 Å². The first-order chi connectivity index (χ1) is 14.9. The molecule has 0 aromatic rings. The van der Waals surface area contributed by atoms with Crippen LogP contribution in [0.15, 0.2) is 24.3 Å². The second-order valence-electron chi connectivity index (χ2n) is 9.03. The van der Waals surface area contributed by atoms with E-state index in [1.807, 2.05) is 36.1 Å². The maximum absolute atomic E-state index is 13.8. The largest absolute Gasteiger partial charge is 0.461 e. The Labute approximate surface area is 187 Å². The van der Waals surface area contributed by atoms with E-state index in [0.29, 0.717) is 32.5 Å². The van der Waals surface area contributed by atoms with Crippen LogP contribution in [0.5, 0.6) is 0 Å². The molecule has 5 atom stereocenters. The first kappa shape index (κ1) is 22.4. The van der Waals surface area contributed by atoms with E-state index in [1.165, 1.54) is 0 Å². The molecule has 0 aliphatic carbocycles. The van der Waals surface area contributed by atoms with Crippen LogP contribution in [0.2, 0.25) is 0 Å². The minimum absolute atomic E-state index is 0.0387. The maximum Gasteiger partial charge on any atom is 0.311 e. The summed E-state index contributed by atoms with van der Waals surface area (Å²) in [6, 6.07) is -0.644. The summed E-state index contributed by atoms with van der Waals surface area (Å²) in [5.41, 5.74) is 0. The Balaban J connectivity index is 1.78. The summed E-state index contributed by atoms with van der Waals surface area (Å²) in [6.45, 7) is 5.91. The fourth-order valence-electron chi connectivity index (χ4n) is 5.59. The standard InChI is InChI=1S/C23H32N2O5S/c1-3-4-11-24-12-7-10-23-16(17-21(29)30-15-8-9-22(17,2)31-23)19(27)25(13-5-6-14-26)18(23)20(24)28/h7-10,16-18,26H,3-6,11-15H2,1-2H3/t16-,17+,18?,22-,23-/m0/s1. The molecule has 0 aromatic carbocycles. The highest BCUT2D eigenvalue weighted by molar-refractivity contribution is 8.02. The molecule has 4 rings (SSSR count). The number of unbranched alkanes of at least 4 members (excludes halogenated alkanes) is 2. The number of carbonyl (C=O) groups excluding carboxylic acids is 3. The quantitative estimate of drug-likeness (QED) is 0.363. The fourth-order valence-corrected chi connectivity index (χ4v) is 7.74. The fraction of sp³-hybridized carbons (Fsp3) is 0.696. The third-order valence-electron chi connectivity index (χ3n) is 6.98. The molecule has 4 heterocycles. The number of ether oxygens (including phenoxy) is 1. The topological polar surface area (TPSA) is 87.2 Å². The second kappa shape index (κ2) is 8.62. The van der Waals surface area contributed by atoms with Crippen LogP contribution < -0.4 is 0 Å². The summed E-state index contributed by atoms with van der Waals surface area (Å²) >= 11 is 1.57. The zero-order valence-corrected chi connectivity index (χ0v) is 19.1. The van der Waals surface area contributed by atoms with Gasteiger partial charge in [-0.25, -0.2) is 0 Å². The van der Waals surface area contributed by atoms with Crippen LogP contribution in [0.1, 0.15) is 39.5 Å². The van der Waals surface area contributed by atoms with Gasteiger partial charge in [0.15, 0.2) is 0 Å². The Kier molecular flexibility index (Phi) is 6.23. The van der Waals surface area contributed by atoms with Gasteiger partial charge in [0.05, 0.1) is 16.6 Å². The van der Waals surface area contributed by atoms with E-state index in [-0.39, 0.29) is 31.0 Å². The van der Waals surface area contributed by atoms with Gasteiger partial charge in [-0.05, 0) is 32.3 Å². The zero-order chi connectivity index (χ0) is 22.2. The van der Waals surface area contributed by atoms with Gasteiger partial charge in [-0.1, -0.05) is 31.6 Å². The molecule has 4 aliphatic rings. The van der Waals surface area contributed by atoms with Gasteiger partial charge >= 0.3 is 5.97 Å². The first-order valence-electron chi connectivity index (χ1n) is 11.3. The Morgan fingerprint density at radius 1 is 1.10 bits per heavy atom. The third-order valence-corrected chi connectivity index (χ3v) is 8.78. The van der Waals surface area contributed by atoms with Crippen LogP contribution in [0.25, 0.3) is 0 Å². The number of aliphatic hydroxyl groups is 1. The average Bonchev–Trinajstić information content (AvgIpc) is 2.99. The minimum Gasteiger partial charge on any atom is -0.461 e. The maximum atomic E-state index is 13.8. The Hall–Kier alpha value is -1.80. The molecule has 2 fully saturated rings. The number of hydrogen-bond donors (Lipinski definition) is 1. The number of carbonyl (C=O) groups is 3. The van der Waals surface area contributed by atoms with Gasteiger partial charge in [0.25, 0.3) is 0 Å². The number of aliphatic hydroxyl groups excluding tert-OH is 1. The predicted octanol–water partition coefficient (Wildman–Crippen LogP) is 1.76. The molecular formula is C23H32N2O5S. The van der Waals surface area contributed by atoms with E-state index in [1.54, 1.807) is 16.7 Å². The molecule has 1 spiro atoms. The van der Waals surface area contributed by atoms with Crippen LogP contribution >= 0.6 is 11.8 Å². The van der Waals surface area contributed by atoms with Crippen molar-refractivity contribution < 1.29 is 24.2 Å². The van der Waals surface area contributed by atoms with Crippen LogP contribution in [-0.4, -0.2) is 81.1 Å². The monoisotopic (exact) mass is 448 g/mol. The SMILES string of the molecule is CCCCN1CC=C[C@]23S[C@@]4(C)C=CCOC(=O)[C@H]4[C@H]2C(=O)N(CCCCO)C3C1=O. The molecule has 0 radical (unpaired) electrons. The first-order valence-corrected chi connectivity index (χ1v) is 12.1. The van der Waals surface area contributed by atoms with Crippen molar-refractivity contribution in [2.45, 2.75) is 55.1 Å². The molecule has 0 bridgehead atoms. The van der Waals surface area contributed by atoms with Crippen LogP contribution in [0.4, 0.5) is 0 Å². The number of amides is 2. The van der Waals surface area contributed by atoms with Crippen molar-refractivity contribution >= 4 is 29.5 Å². The van der Waals surface area contributed by atoms with Gasteiger partial charge in [0, 0.05) is 31.0 Å². The Morgan fingerprint density at radius 2 is 1.90 bits per heavy atom. The lowest BCUT2D eigenvalue weighted by atomic mass is 9.75. The molecule has 7 nitrogen and oxygen atoms in total. The van der Waals surface area contributed by atoms with Gasteiger partial charge in [-0.2, -0.15) is 0 Å². The Morgan fingerprint density at radius 3 is 2.65 bits per heavy atom. The Bertz CT molecular complexity index is 814. The zero-order valence-electron chi connectivity index (χ0n) is 18.3. The number of nitrogens with zero attached hydrogens (tertiary/aromatic N) is 2. The van der Waals surface area contributed by atoms with Crippen molar-refractivity contribution in [1.29, 1.82) is 0 Å². The molecule has 2 amide bonds. The molecule has 31 heavy (non-hydrogen) atoms. The van der Waals surface area contributed by atoms with Gasteiger partial charge < -0.3 is 19.6 Å². The van der Waals surface area contributed by atoms with Crippen molar-refractivity contribution in [3.05, 3.63) is 24.3 Å². The van der Waals surface area contributed by atoms with E-state index in [9.17, 15) is 19.5 Å². The molecule has 170 valence electrons. The van der Waals surface area contributed by atoms with Gasteiger partial charge in [0.1, 0.15) is 12.6 Å². The van der Waals surface area contributed by atoms with Crippen molar-refractivity contribution in [3.63, 3.8) is 0 Å². The highest BCUT2D eigenvalue weighted by Crippen LogP contribution is 2.65. The van der Waals surface area contributed by atoms with Gasteiger partial charge in [-0.15, -0.1) is 11.8 Å². The van der Waals surface area contributed by atoms with Crippen molar-refractivity contribution in [2.24, 2.45) is 11.8 Å². The highest BCUT2D eigenvalue weighted by Gasteiger charge is 2.73. The summed E-state index contributed by atoms with van der Waals surface area (Å²) in [5.74, 6) is -1.81. The molecule has 8 heteroatoms. The number of likely N-dealkylation sites (tertiary alicyclic amines) is 1.